The highest BCUT2D eigenvalue weighted by molar-refractivity contribution is 6.18. The van der Waals surface area contributed by atoms with Gasteiger partial charge in [-0.05, 0) is 18.7 Å². The van der Waals surface area contributed by atoms with Crippen LogP contribution >= 0.6 is 11.6 Å². The van der Waals surface area contributed by atoms with E-state index in [1.165, 1.54) is 5.56 Å². The zero-order valence-corrected chi connectivity index (χ0v) is 12.7. The van der Waals surface area contributed by atoms with Crippen molar-refractivity contribution in [1.29, 1.82) is 0 Å². The molecule has 1 N–H and O–H groups in total. The number of rotatable bonds is 9. The Morgan fingerprint density at radius 1 is 1.16 bits per heavy atom. The molecule has 3 heteroatoms. The molecule has 0 aliphatic heterocycles. The van der Waals surface area contributed by atoms with Crippen molar-refractivity contribution in [1.82, 2.24) is 10.2 Å². The maximum atomic E-state index is 5.61. The van der Waals surface area contributed by atoms with Gasteiger partial charge in [0.1, 0.15) is 0 Å². The van der Waals surface area contributed by atoms with Crippen LogP contribution in [0.2, 0.25) is 0 Å². The van der Waals surface area contributed by atoms with E-state index in [4.69, 9.17) is 11.6 Å². The summed E-state index contributed by atoms with van der Waals surface area (Å²) in [7, 11) is 0. The van der Waals surface area contributed by atoms with E-state index in [2.05, 4.69) is 60.5 Å². The van der Waals surface area contributed by atoms with Gasteiger partial charge in [-0.3, -0.25) is 4.90 Å². The van der Waals surface area contributed by atoms with E-state index < -0.39 is 0 Å². The minimum Gasteiger partial charge on any atom is -0.311 e. The lowest BCUT2D eigenvalue weighted by atomic mass is 10.1. The molecule has 0 aliphatic carbocycles. The first kappa shape index (κ1) is 16.2. The number of likely N-dealkylation sites (N-methyl/N-ethyl adjacent to an activating group) is 1. The van der Waals surface area contributed by atoms with Crippen LogP contribution in [0, 0.1) is 0 Å². The Morgan fingerprint density at radius 2 is 1.84 bits per heavy atom. The third-order valence-electron chi connectivity index (χ3n) is 3.29. The Balaban J connectivity index is 2.62. The SMILES string of the molecule is CCN(CC)C(CNC/C=C/CCl)c1ccccc1. The van der Waals surface area contributed by atoms with E-state index in [1.54, 1.807) is 0 Å². The molecule has 0 aromatic heterocycles. The molecule has 0 saturated carbocycles. The fourth-order valence-electron chi connectivity index (χ4n) is 2.25. The monoisotopic (exact) mass is 280 g/mol. The van der Waals surface area contributed by atoms with Gasteiger partial charge in [-0.1, -0.05) is 56.3 Å². The third-order valence-corrected chi connectivity index (χ3v) is 3.47. The molecule has 0 spiro atoms. The number of allylic oxidation sites excluding steroid dienone is 1. The molecule has 0 amide bonds. The molecule has 0 saturated heterocycles. The number of nitrogens with one attached hydrogen (secondary N) is 1. The summed E-state index contributed by atoms with van der Waals surface area (Å²) in [4.78, 5) is 2.48. The standard InChI is InChI=1S/C16H25ClN2/c1-3-19(4-2)16(14-18-13-9-8-12-17)15-10-6-5-7-11-15/h5-11,16,18H,3-4,12-14H2,1-2H3/b9-8+. The van der Waals surface area contributed by atoms with Crippen molar-refractivity contribution in [3.05, 3.63) is 48.0 Å². The van der Waals surface area contributed by atoms with Crippen LogP contribution in [0.1, 0.15) is 25.5 Å². The summed E-state index contributed by atoms with van der Waals surface area (Å²) < 4.78 is 0. The number of hydrogen-bond donors (Lipinski definition) is 1. The second-order valence-electron chi connectivity index (χ2n) is 4.43. The van der Waals surface area contributed by atoms with Gasteiger partial charge < -0.3 is 5.32 Å². The van der Waals surface area contributed by atoms with Gasteiger partial charge in [0.05, 0.1) is 0 Å². The molecule has 0 heterocycles. The highest BCUT2D eigenvalue weighted by Crippen LogP contribution is 2.19. The van der Waals surface area contributed by atoms with Gasteiger partial charge in [-0.2, -0.15) is 0 Å². The predicted molar refractivity (Wildman–Crippen MR) is 84.8 cm³/mol. The fourth-order valence-corrected chi connectivity index (χ4v) is 2.37. The smallest absolute Gasteiger partial charge is 0.0472 e. The molecule has 0 aliphatic rings. The van der Waals surface area contributed by atoms with Crippen LogP contribution in [0.3, 0.4) is 0 Å². The lowest BCUT2D eigenvalue weighted by molar-refractivity contribution is 0.215. The van der Waals surface area contributed by atoms with E-state index in [-0.39, 0.29) is 0 Å². The summed E-state index contributed by atoms with van der Waals surface area (Å²) in [6.45, 7) is 8.39. The molecule has 1 unspecified atom stereocenters. The lowest BCUT2D eigenvalue weighted by Gasteiger charge is -2.30. The Hall–Kier alpha value is -0.830. The Labute approximate surface area is 122 Å². The van der Waals surface area contributed by atoms with Crippen molar-refractivity contribution in [2.75, 3.05) is 32.1 Å². The summed E-state index contributed by atoms with van der Waals surface area (Å²) in [6.07, 6.45) is 4.06. The van der Waals surface area contributed by atoms with Gasteiger partial charge in [0.15, 0.2) is 0 Å². The molecule has 0 radical (unpaired) electrons. The topological polar surface area (TPSA) is 15.3 Å². The first-order valence-electron chi connectivity index (χ1n) is 7.04. The van der Waals surface area contributed by atoms with E-state index in [1.807, 2.05) is 6.08 Å². The van der Waals surface area contributed by atoms with Crippen LogP contribution in [-0.2, 0) is 0 Å². The second-order valence-corrected chi connectivity index (χ2v) is 4.74. The Bertz CT molecular complexity index is 347. The van der Waals surface area contributed by atoms with Crippen molar-refractivity contribution >= 4 is 11.6 Å². The molecule has 106 valence electrons. The number of alkyl halides is 1. The van der Waals surface area contributed by atoms with E-state index in [9.17, 15) is 0 Å². The van der Waals surface area contributed by atoms with Crippen LogP contribution in [0.4, 0.5) is 0 Å². The van der Waals surface area contributed by atoms with Gasteiger partial charge >= 0.3 is 0 Å². The number of halogens is 1. The van der Waals surface area contributed by atoms with Crippen LogP contribution < -0.4 is 5.32 Å². The van der Waals surface area contributed by atoms with Crippen molar-refractivity contribution < 1.29 is 0 Å². The van der Waals surface area contributed by atoms with E-state index >= 15 is 0 Å². The molecular formula is C16H25ClN2. The molecule has 0 bridgehead atoms. The number of hydrogen-bond acceptors (Lipinski definition) is 2. The van der Waals surface area contributed by atoms with E-state index in [0.29, 0.717) is 11.9 Å². The summed E-state index contributed by atoms with van der Waals surface area (Å²) >= 11 is 5.61. The van der Waals surface area contributed by atoms with Crippen molar-refractivity contribution in [3.8, 4) is 0 Å². The summed E-state index contributed by atoms with van der Waals surface area (Å²) in [5.41, 5.74) is 1.38. The van der Waals surface area contributed by atoms with Crippen LogP contribution in [0.25, 0.3) is 0 Å². The van der Waals surface area contributed by atoms with Crippen LogP contribution in [0.5, 0.6) is 0 Å². The summed E-state index contributed by atoms with van der Waals surface area (Å²) in [6, 6.07) is 11.1. The molecule has 2 nitrogen and oxygen atoms in total. The van der Waals surface area contributed by atoms with Gasteiger partial charge in [0.25, 0.3) is 0 Å². The molecule has 1 rings (SSSR count). The maximum absolute atomic E-state index is 5.61. The van der Waals surface area contributed by atoms with Gasteiger partial charge in [-0.15, -0.1) is 11.6 Å². The van der Waals surface area contributed by atoms with Gasteiger partial charge in [0.2, 0.25) is 0 Å². The maximum Gasteiger partial charge on any atom is 0.0472 e. The average molecular weight is 281 g/mol. The normalized spacial score (nSPS) is 13.3. The minimum absolute atomic E-state index is 0.431. The van der Waals surface area contributed by atoms with Crippen molar-refractivity contribution in [2.24, 2.45) is 0 Å². The Morgan fingerprint density at radius 3 is 2.42 bits per heavy atom. The fraction of sp³-hybridized carbons (Fsp3) is 0.500. The van der Waals surface area contributed by atoms with Crippen LogP contribution in [0.15, 0.2) is 42.5 Å². The van der Waals surface area contributed by atoms with Crippen molar-refractivity contribution in [2.45, 2.75) is 19.9 Å². The molecule has 19 heavy (non-hydrogen) atoms. The third kappa shape index (κ3) is 5.77. The first-order valence-corrected chi connectivity index (χ1v) is 7.57. The number of nitrogens with zero attached hydrogens (tertiary/aromatic N) is 1. The molecule has 1 aromatic carbocycles. The summed E-state index contributed by atoms with van der Waals surface area (Å²) in [5, 5.41) is 3.48. The zero-order chi connectivity index (χ0) is 13.9. The first-order chi connectivity index (χ1) is 9.33. The molecular weight excluding hydrogens is 256 g/mol. The van der Waals surface area contributed by atoms with Gasteiger partial charge in [-0.25, -0.2) is 0 Å². The zero-order valence-electron chi connectivity index (χ0n) is 12.0. The average Bonchev–Trinajstić information content (AvgIpc) is 2.47. The van der Waals surface area contributed by atoms with Gasteiger partial charge in [0, 0.05) is 25.0 Å². The second kappa shape index (κ2) is 10.0. The summed E-state index contributed by atoms with van der Waals surface area (Å²) in [5.74, 6) is 0.583. The van der Waals surface area contributed by atoms with Crippen molar-refractivity contribution in [3.63, 3.8) is 0 Å². The predicted octanol–water partition coefficient (Wildman–Crippen LogP) is 3.45. The lowest BCUT2D eigenvalue weighted by Crippen LogP contribution is -2.35. The quantitative estimate of drug-likeness (QED) is 0.423. The Kier molecular flexibility index (Phi) is 8.55. The van der Waals surface area contributed by atoms with Crippen LogP contribution in [-0.4, -0.2) is 37.0 Å². The molecule has 0 fully saturated rings. The molecule has 1 aromatic rings. The number of benzene rings is 1. The highest BCUT2D eigenvalue weighted by atomic mass is 35.5. The minimum atomic E-state index is 0.431. The largest absolute Gasteiger partial charge is 0.311 e. The molecule has 1 atom stereocenters. The highest BCUT2D eigenvalue weighted by Gasteiger charge is 2.16. The van der Waals surface area contributed by atoms with E-state index in [0.717, 1.165) is 26.2 Å².